The highest BCUT2D eigenvalue weighted by molar-refractivity contribution is 6.01. The molecule has 0 radical (unpaired) electrons. The van der Waals surface area contributed by atoms with Crippen molar-refractivity contribution in [1.29, 1.82) is 0 Å². The molecule has 0 N–H and O–H groups in total. The molecule has 2 aliphatic rings. The first kappa shape index (κ1) is 16.2. The monoisotopic (exact) mass is 314 g/mol. The van der Waals surface area contributed by atoms with Crippen molar-refractivity contribution in [2.24, 2.45) is 17.8 Å². The van der Waals surface area contributed by atoms with Crippen LogP contribution in [0.5, 0.6) is 5.75 Å². The summed E-state index contributed by atoms with van der Waals surface area (Å²) in [7, 11) is 0. The summed E-state index contributed by atoms with van der Waals surface area (Å²) >= 11 is 0. The fourth-order valence-corrected chi connectivity index (χ4v) is 4.03. The lowest BCUT2D eigenvalue weighted by Gasteiger charge is -2.39. The summed E-state index contributed by atoms with van der Waals surface area (Å²) < 4.78 is 6.30. The summed E-state index contributed by atoms with van der Waals surface area (Å²) in [5, 5.41) is 0. The van der Waals surface area contributed by atoms with Gasteiger partial charge >= 0.3 is 0 Å². The molecule has 0 amide bonds. The van der Waals surface area contributed by atoms with Gasteiger partial charge < -0.3 is 4.74 Å². The lowest BCUT2D eigenvalue weighted by Crippen LogP contribution is -2.44. The molecule has 1 heterocycles. The maximum absolute atomic E-state index is 13.0. The minimum atomic E-state index is -0.188. The summed E-state index contributed by atoms with van der Waals surface area (Å²) in [6, 6.07) is 7.54. The van der Waals surface area contributed by atoms with Crippen molar-refractivity contribution in [3.63, 3.8) is 0 Å². The van der Waals surface area contributed by atoms with E-state index in [1.807, 2.05) is 31.2 Å². The summed E-state index contributed by atoms with van der Waals surface area (Å²) in [6.45, 7) is 3.54. The number of carbonyl (C=O) groups is 2. The molecule has 1 aliphatic carbocycles. The van der Waals surface area contributed by atoms with Gasteiger partial charge in [0.25, 0.3) is 0 Å². The van der Waals surface area contributed by atoms with Gasteiger partial charge in [-0.3, -0.25) is 9.59 Å². The van der Waals surface area contributed by atoms with Crippen LogP contribution < -0.4 is 4.74 Å². The van der Waals surface area contributed by atoms with Crippen LogP contribution in [-0.2, 0) is 4.79 Å². The van der Waals surface area contributed by atoms with Gasteiger partial charge in [0, 0.05) is 5.92 Å². The van der Waals surface area contributed by atoms with Gasteiger partial charge in [0.05, 0.1) is 11.5 Å². The zero-order valence-corrected chi connectivity index (χ0v) is 14.1. The van der Waals surface area contributed by atoms with E-state index in [1.165, 1.54) is 19.3 Å². The predicted octanol–water partition coefficient (Wildman–Crippen LogP) is 4.44. The van der Waals surface area contributed by atoms with Crippen LogP contribution in [0.1, 0.15) is 62.7 Å². The molecule has 1 aliphatic heterocycles. The van der Waals surface area contributed by atoms with Gasteiger partial charge in [-0.05, 0) is 44.2 Å². The Morgan fingerprint density at radius 3 is 2.61 bits per heavy atom. The van der Waals surface area contributed by atoms with E-state index in [0.29, 0.717) is 17.9 Å². The first-order chi connectivity index (χ1) is 11.1. The Morgan fingerprint density at radius 2 is 1.91 bits per heavy atom. The van der Waals surface area contributed by atoms with Crippen molar-refractivity contribution in [3.05, 3.63) is 29.8 Å². The number of rotatable bonds is 4. The zero-order valence-electron chi connectivity index (χ0n) is 14.1. The quantitative estimate of drug-likeness (QED) is 0.825. The number of ketones is 2. The van der Waals surface area contributed by atoms with E-state index >= 15 is 0 Å². The third kappa shape index (κ3) is 3.34. The first-order valence-corrected chi connectivity index (χ1v) is 8.88. The molecule has 0 aromatic heterocycles. The molecule has 1 aromatic rings. The molecule has 3 atom stereocenters. The minimum Gasteiger partial charge on any atom is -0.489 e. The van der Waals surface area contributed by atoms with Gasteiger partial charge in [-0.1, -0.05) is 38.3 Å². The Labute approximate surface area is 138 Å². The van der Waals surface area contributed by atoms with E-state index in [9.17, 15) is 9.59 Å². The van der Waals surface area contributed by atoms with Gasteiger partial charge in [-0.2, -0.15) is 0 Å². The molecule has 3 rings (SSSR count). The van der Waals surface area contributed by atoms with E-state index in [1.54, 1.807) is 6.92 Å². The van der Waals surface area contributed by atoms with E-state index in [4.69, 9.17) is 4.74 Å². The third-order valence-corrected chi connectivity index (χ3v) is 5.56. The van der Waals surface area contributed by atoms with Gasteiger partial charge in [-0.25, -0.2) is 0 Å². The van der Waals surface area contributed by atoms with Crippen LogP contribution in [0.2, 0.25) is 0 Å². The van der Waals surface area contributed by atoms with E-state index in [2.05, 4.69) is 0 Å². The Morgan fingerprint density at radius 1 is 1.22 bits per heavy atom. The molecule has 0 bridgehead atoms. The number of carbonyl (C=O) groups excluding carboxylic acids is 2. The SMILES string of the molecule is CC(=O)C(C)CC1C(=O)c2ccccc2OC1C1CCCCC1. The Hall–Kier alpha value is -1.64. The zero-order chi connectivity index (χ0) is 16.4. The fourth-order valence-electron chi connectivity index (χ4n) is 4.03. The van der Waals surface area contributed by atoms with Crippen molar-refractivity contribution < 1.29 is 14.3 Å². The van der Waals surface area contributed by atoms with E-state index in [0.717, 1.165) is 18.6 Å². The van der Waals surface area contributed by atoms with Gasteiger partial charge in [0.15, 0.2) is 5.78 Å². The van der Waals surface area contributed by atoms with Gasteiger partial charge in [0.2, 0.25) is 0 Å². The number of ether oxygens (including phenoxy) is 1. The van der Waals surface area contributed by atoms with Crippen LogP contribution in [0.15, 0.2) is 24.3 Å². The van der Waals surface area contributed by atoms with Crippen LogP contribution >= 0.6 is 0 Å². The maximum Gasteiger partial charge on any atom is 0.173 e. The second kappa shape index (κ2) is 6.86. The summed E-state index contributed by atoms with van der Waals surface area (Å²) in [5.41, 5.74) is 0.681. The molecular formula is C20H26O3. The average Bonchev–Trinajstić information content (AvgIpc) is 2.57. The standard InChI is InChI=1S/C20H26O3/c1-13(14(2)21)12-17-19(22)16-10-6-7-11-18(16)23-20(17)15-8-4-3-5-9-15/h6-7,10-11,13,15,17,20H,3-5,8-9,12H2,1-2H3. The second-order valence-electron chi connectivity index (χ2n) is 7.19. The summed E-state index contributed by atoms with van der Waals surface area (Å²) in [6.07, 6.45) is 6.51. The summed E-state index contributed by atoms with van der Waals surface area (Å²) in [4.78, 5) is 24.7. The Balaban J connectivity index is 1.90. The van der Waals surface area contributed by atoms with Crippen molar-refractivity contribution in [2.75, 3.05) is 0 Å². The highest BCUT2D eigenvalue weighted by Crippen LogP contribution is 2.40. The van der Waals surface area contributed by atoms with Crippen LogP contribution in [0.3, 0.4) is 0 Å². The predicted molar refractivity (Wildman–Crippen MR) is 89.7 cm³/mol. The number of Topliss-reactive ketones (excluding diaryl/α,β-unsaturated/α-hetero) is 2. The van der Waals surface area contributed by atoms with Crippen molar-refractivity contribution >= 4 is 11.6 Å². The smallest absolute Gasteiger partial charge is 0.173 e. The maximum atomic E-state index is 13.0. The topological polar surface area (TPSA) is 43.4 Å². The molecule has 0 spiro atoms. The van der Waals surface area contributed by atoms with Crippen LogP contribution in [0, 0.1) is 17.8 Å². The molecule has 23 heavy (non-hydrogen) atoms. The minimum absolute atomic E-state index is 0.0699. The molecule has 1 aromatic carbocycles. The van der Waals surface area contributed by atoms with Crippen molar-refractivity contribution in [3.8, 4) is 5.75 Å². The number of hydrogen-bond donors (Lipinski definition) is 0. The summed E-state index contributed by atoms with van der Waals surface area (Å²) in [5.74, 6) is 1.19. The van der Waals surface area contributed by atoms with Crippen LogP contribution in [0.25, 0.3) is 0 Å². The molecule has 0 saturated heterocycles. The molecule has 124 valence electrons. The number of para-hydroxylation sites is 1. The van der Waals surface area contributed by atoms with Crippen molar-refractivity contribution in [1.82, 2.24) is 0 Å². The number of benzene rings is 1. The lowest BCUT2D eigenvalue weighted by molar-refractivity contribution is -0.120. The Kier molecular flexibility index (Phi) is 4.84. The van der Waals surface area contributed by atoms with Crippen LogP contribution in [0.4, 0.5) is 0 Å². The normalized spacial score (nSPS) is 26.3. The second-order valence-corrected chi connectivity index (χ2v) is 7.19. The largest absolute Gasteiger partial charge is 0.489 e. The van der Waals surface area contributed by atoms with Crippen LogP contribution in [-0.4, -0.2) is 17.7 Å². The fraction of sp³-hybridized carbons (Fsp3) is 0.600. The van der Waals surface area contributed by atoms with Gasteiger partial charge in [-0.15, -0.1) is 0 Å². The molecule has 1 saturated carbocycles. The molecule has 1 fully saturated rings. The molecule has 3 nitrogen and oxygen atoms in total. The highest BCUT2D eigenvalue weighted by Gasteiger charge is 2.42. The first-order valence-electron chi connectivity index (χ1n) is 8.88. The van der Waals surface area contributed by atoms with E-state index in [-0.39, 0.29) is 29.5 Å². The average molecular weight is 314 g/mol. The highest BCUT2D eigenvalue weighted by atomic mass is 16.5. The lowest BCUT2D eigenvalue weighted by atomic mass is 9.73. The van der Waals surface area contributed by atoms with Crippen molar-refractivity contribution in [2.45, 2.75) is 58.5 Å². The number of fused-ring (bicyclic) bond motifs is 1. The molecule has 3 heteroatoms. The van der Waals surface area contributed by atoms with E-state index < -0.39 is 0 Å². The molecule has 3 unspecified atom stereocenters. The third-order valence-electron chi connectivity index (χ3n) is 5.56. The Bertz CT molecular complexity index is 586. The molecular weight excluding hydrogens is 288 g/mol. The van der Waals surface area contributed by atoms with Gasteiger partial charge in [0.1, 0.15) is 17.6 Å². The number of hydrogen-bond acceptors (Lipinski definition) is 3.